The number of rotatable bonds is 2. The van der Waals surface area contributed by atoms with Crippen LogP contribution in [0.25, 0.3) is 11.1 Å². The van der Waals surface area contributed by atoms with Crippen LogP contribution in [-0.4, -0.2) is 0 Å². The van der Waals surface area contributed by atoms with E-state index in [-0.39, 0.29) is 46.5 Å². The Labute approximate surface area is 179 Å². The van der Waals surface area contributed by atoms with Gasteiger partial charge in [0.15, 0.2) is 0 Å². The maximum atomic E-state index is 3.30. The van der Waals surface area contributed by atoms with Gasteiger partial charge < -0.3 is 24.8 Å². The zero-order chi connectivity index (χ0) is 15.4. The van der Waals surface area contributed by atoms with Gasteiger partial charge in [-0.25, -0.2) is 12.1 Å². The third kappa shape index (κ3) is 5.79. The molecule has 0 aromatic heterocycles. The number of hydrogen-bond acceptors (Lipinski definition) is 0. The maximum absolute atomic E-state index is 3.30. The zero-order valence-corrected chi connectivity index (χ0v) is 17.7. The van der Waals surface area contributed by atoms with Gasteiger partial charge in [0.2, 0.25) is 0 Å². The first-order valence-electron chi connectivity index (χ1n) is 8.14. The molecule has 0 aliphatic heterocycles. The second kappa shape index (κ2) is 11.7. The summed E-state index contributed by atoms with van der Waals surface area (Å²) in [4.78, 5) is 0. The van der Waals surface area contributed by atoms with E-state index in [1.165, 1.54) is 46.2 Å². The second-order valence-electron chi connectivity index (χ2n) is 5.73. The quantitative estimate of drug-likeness (QED) is 0.315. The zero-order valence-electron chi connectivity index (χ0n) is 14.7. The summed E-state index contributed by atoms with van der Waals surface area (Å²) in [5.41, 5.74) is 8.44. The molecule has 0 saturated heterocycles. The summed E-state index contributed by atoms with van der Waals surface area (Å²) in [6, 6.07) is 24.8. The first kappa shape index (κ1) is 24.1. The van der Waals surface area contributed by atoms with E-state index in [1.807, 2.05) is 6.07 Å². The summed E-state index contributed by atoms with van der Waals surface area (Å²) < 4.78 is 0. The molecule has 25 heavy (non-hydrogen) atoms. The minimum absolute atomic E-state index is 0. The van der Waals surface area contributed by atoms with Crippen LogP contribution in [0.3, 0.4) is 0 Å². The molecule has 1 aliphatic carbocycles. The van der Waals surface area contributed by atoms with E-state index >= 15 is 0 Å². The summed E-state index contributed by atoms with van der Waals surface area (Å²) in [5.74, 6) is 0. The van der Waals surface area contributed by atoms with E-state index in [0.29, 0.717) is 0 Å². The molecule has 1 aliphatic rings. The fraction of sp³-hybridized carbons (Fsp3) is 0.227. The van der Waals surface area contributed by atoms with Gasteiger partial charge in [0, 0.05) is 0 Å². The van der Waals surface area contributed by atoms with Crippen LogP contribution in [-0.2, 0) is 41.0 Å². The van der Waals surface area contributed by atoms with Crippen LogP contribution in [0.1, 0.15) is 36.1 Å². The van der Waals surface area contributed by atoms with Gasteiger partial charge in [0.1, 0.15) is 0 Å². The smallest absolute Gasteiger partial charge is 1.00 e. The first-order chi connectivity index (χ1) is 10.8. The standard InChI is InChI=1S/C13H9.C9H13.2ClH.Ti/c1-3-7-12-10(5-1)9-11-6-2-4-8-13(11)12;1-3-8-5-6-9(4-2)7-8;;;/h1-5,7-8H,9H2;5-7H,3-4H2,1-2H3;2*1H;/q2*-1;;;+4/p-2. The third-order valence-electron chi connectivity index (χ3n) is 4.32. The Morgan fingerprint density at radius 1 is 0.840 bits per heavy atom. The van der Waals surface area contributed by atoms with Crippen molar-refractivity contribution in [3.8, 4) is 11.1 Å². The molecule has 0 atom stereocenters. The van der Waals surface area contributed by atoms with Crippen LogP contribution in [0.4, 0.5) is 0 Å². The second-order valence-corrected chi connectivity index (χ2v) is 5.73. The number of fused-ring (bicyclic) bond motifs is 3. The van der Waals surface area contributed by atoms with Crippen molar-refractivity contribution in [3.05, 3.63) is 89.0 Å². The molecule has 0 fully saturated rings. The minimum Gasteiger partial charge on any atom is -1.00 e. The van der Waals surface area contributed by atoms with Crippen LogP contribution < -0.4 is 24.8 Å². The van der Waals surface area contributed by atoms with Crippen LogP contribution in [0.5, 0.6) is 0 Å². The molecule has 0 saturated carbocycles. The number of aryl methyl sites for hydroxylation is 2. The van der Waals surface area contributed by atoms with Gasteiger partial charge in [-0.05, 0) is 6.42 Å². The van der Waals surface area contributed by atoms with E-state index in [4.69, 9.17) is 0 Å². The van der Waals surface area contributed by atoms with Gasteiger partial charge in [-0.15, -0.1) is 5.56 Å². The largest absolute Gasteiger partial charge is 4.00 e. The van der Waals surface area contributed by atoms with Crippen molar-refractivity contribution in [1.82, 2.24) is 0 Å². The number of halogens is 2. The van der Waals surface area contributed by atoms with Gasteiger partial charge in [0.05, 0.1) is 0 Å². The number of benzene rings is 2. The molecule has 128 valence electrons. The van der Waals surface area contributed by atoms with E-state index < -0.39 is 0 Å². The Morgan fingerprint density at radius 3 is 2.04 bits per heavy atom. The Bertz CT molecular complexity index is 700. The Balaban J connectivity index is 0.000000435. The fourth-order valence-electron chi connectivity index (χ4n) is 2.99. The summed E-state index contributed by atoms with van der Waals surface area (Å²) in [5, 5.41) is 0. The molecule has 3 aromatic rings. The minimum atomic E-state index is 0. The maximum Gasteiger partial charge on any atom is 4.00 e. The summed E-state index contributed by atoms with van der Waals surface area (Å²) in [7, 11) is 0. The topological polar surface area (TPSA) is 0 Å². The van der Waals surface area contributed by atoms with E-state index in [2.05, 4.69) is 74.5 Å². The molecule has 0 heterocycles. The molecular weight excluding hydrogens is 383 g/mol. The molecule has 3 aromatic carbocycles. The van der Waals surface area contributed by atoms with Gasteiger partial charge in [0.25, 0.3) is 0 Å². The van der Waals surface area contributed by atoms with Crippen molar-refractivity contribution in [1.29, 1.82) is 0 Å². The molecule has 0 amide bonds. The van der Waals surface area contributed by atoms with E-state index in [1.54, 1.807) is 0 Å². The van der Waals surface area contributed by atoms with Crippen molar-refractivity contribution in [2.45, 2.75) is 33.1 Å². The SMILES string of the molecule is CCc1ccc(CC)[cH-]1.[Cl-].[Cl-].[Ti+4].[c-]1cccc2c1Cc1ccccc1-2. The predicted molar refractivity (Wildman–Crippen MR) is 94.3 cm³/mol. The van der Waals surface area contributed by atoms with Crippen molar-refractivity contribution in [2.24, 2.45) is 0 Å². The van der Waals surface area contributed by atoms with Crippen molar-refractivity contribution in [2.75, 3.05) is 0 Å². The van der Waals surface area contributed by atoms with Crippen LogP contribution >= 0.6 is 0 Å². The van der Waals surface area contributed by atoms with Gasteiger partial charge in [-0.1, -0.05) is 62.1 Å². The van der Waals surface area contributed by atoms with E-state index in [0.717, 1.165) is 6.42 Å². The monoisotopic (exact) mass is 404 g/mol. The molecule has 0 bridgehead atoms. The van der Waals surface area contributed by atoms with Crippen LogP contribution in [0, 0.1) is 6.07 Å². The van der Waals surface area contributed by atoms with Gasteiger partial charge in [-0.3, -0.25) is 0 Å². The van der Waals surface area contributed by atoms with Crippen molar-refractivity contribution < 1.29 is 46.5 Å². The summed E-state index contributed by atoms with van der Waals surface area (Å²) in [6.45, 7) is 4.38. The van der Waals surface area contributed by atoms with Gasteiger partial charge in [-0.2, -0.15) is 47.0 Å². The summed E-state index contributed by atoms with van der Waals surface area (Å²) in [6.07, 6.45) is 3.38. The van der Waals surface area contributed by atoms with Crippen molar-refractivity contribution >= 4 is 0 Å². The van der Waals surface area contributed by atoms with E-state index in [9.17, 15) is 0 Å². The Morgan fingerprint density at radius 2 is 1.44 bits per heavy atom. The first-order valence-corrected chi connectivity index (χ1v) is 8.14. The molecule has 3 heteroatoms. The van der Waals surface area contributed by atoms with Gasteiger partial charge >= 0.3 is 21.7 Å². The predicted octanol–water partition coefficient (Wildman–Crippen LogP) is -0.406. The molecular formula is C22H22Cl2Ti. The molecule has 0 radical (unpaired) electrons. The fourth-order valence-corrected chi connectivity index (χ4v) is 2.99. The van der Waals surface area contributed by atoms with Crippen molar-refractivity contribution in [3.63, 3.8) is 0 Å². The summed E-state index contributed by atoms with van der Waals surface area (Å²) >= 11 is 0. The molecule has 0 N–H and O–H groups in total. The Hall–Kier alpha value is -0.916. The average molecular weight is 405 g/mol. The Kier molecular flexibility index (Phi) is 11.2. The van der Waals surface area contributed by atoms with Crippen LogP contribution in [0.15, 0.2) is 60.7 Å². The van der Waals surface area contributed by atoms with Crippen LogP contribution in [0.2, 0.25) is 0 Å². The molecule has 4 rings (SSSR count). The molecule has 0 nitrogen and oxygen atoms in total. The molecule has 0 spiro atoms. The normalized spacial score (nSPS) is 10.0. The average Bonchev–Trinajstić information content (AvgIpc) is 3.19. The molecule has 0 unspecified atom stereocenters. The number of hydrogen-bond donors (Lipinski definition) is 0. The third-order valence-corrected chi connectivity index (χ3v) is 4.32.